The lowest BCUT2D eigenvalue weighted by molar-refractivity contribution is 0.417. The Hall–Kier alpha value is -2.64. The normalized spacial score (nSPS) is 10.4. The molecule has 1 aromatic heterocycles. The lowest BCUT2D eigenvalue weighted by Crippen LogP contribution is -2.19. The second-order valence-corrected chi connectivity index (χ2v) is 6.29. The zero-order valence-electron chi connectivity index (χ0n) is 13.9. The number of anilines is 2. The third-order valence-corrected chi connectivity index (χ3v) is 4.03. The number of halogens is 2. The summed E-state index contributed by atoms with van der Waals surface area (Å²) < 4.78 is 20.6. The fourth-order valence-corrected chi connectivity index (χ4v) is 2.78. The molecule has 0 atom stereocenters. The summed E-state index contributed by atoms with van der Waals surface area (Å²) in [5, 5.41) is 11.2. The summed E-state index contributed by atoms with van der Waals surface area (Å²) in [4.78, 5) is 0. The van der Waals surface area contributed by atoms with Gasteiger partial charge in [-0.25, -0.2) is 4.39 Å². The van der Waals surface area contributed by atoms with Crippen LogP contribution in [-0.2, 0) is 6.54 Å². The number of nitrogens with one attached hydrogen (secondary N) is 2. The zero-order valence-corrected chi connectivity index (χ0v) is 15.4. The summed E-state index contributed by atoms with van der Waals surface area (Å²) in [6, 6.07) is 11.8. The monoisotopic (exact) mass is 390 g/mol. The number of hydrogen-bond donors (Lipinski definition) is 2. The van der Waals surface area contributed by atoms with Crippen molar-refractivity contribution in [2.24, 2.45) is 0 Å². The summed E-state index contributed by atoms with van der Waals surface area (Å²) in [5.74, 6) is 0.358. The van der Waals surface area contributed by atoms with E-state index in [0.717, 1.165) is 0 Å². The molecule has 0 amide bonds. The van der Waals surface area contributed by atoms with Crippen molar-refractivity contribution < 1.29 is 9.13 Å². The summed E-state index contributed by atoms with van der Waals surface area (Å²) in [6.45, 7) is 0.330. The van der Waals surface area contributed by atoms with Crippen LogP contribution >= 0.6 is 23.8 Å². The Balaban J connectivity index is 1.65. The van der Waals surface area contributed by atoms with Gasteiger partial charge in [0.2, 0.25) is 0 Å². The van der Waals surface area contributed by atoms with Crippen molar-refractivity contribution in [3.05, 3.63) is 71.3 Å². The molecule has 3 aromatic rings. The largest absolute Gasteiger partial charge is 0.495 e. The van der Waals surface area contributed by atoms with Gasteiger partial charge in [-0.1, -0.05) is 29.8 Å². The third-order valence-electron chi connectivity index (χ3n) is 3.59. The molecule has 0 saturated heterocycles. The predicted octanol–water partition coefficient (Wildman–Crippen LogP) is 4.54. The number of methoxy groups -OCH3 is 1. The second kappa shape index (κ2) is 8.16. The van der Waals surface area contributed by atoms with Crippen LogP contribution in [0.3, 0.4) is 0 Å². The van der Waals surface area contributed by atoms with Crippen molar-refractivity contribution in [1.82, 2.24) is 9.78 Å². The van der Waals surface area contributed by atoms with Crippen molar-refractivity contribution >= 4 is 40.3 Å². The van der Waals surface area contributed by atoms with Crippen molar-refractivity contribution in [2.45, 2.75) is 6.54 Å². The Morgan fingerprint density at radius 1 is 1.27 bits per heavy atom. The maximum atomic E-state index is 13.7. The van der Waals surface area contributed by atoms with Crippen molar-refractivity contribution in [3.8, 4) is 5.75 Å². The van der Waals surface area contributed by atoms with Gasteiger partial charge in [-0.3, -0.25) is 4.68 Å². The van der Waals surface area contributed by atoms with Gasteiger partial charge in [-0.2, -0.15) is 5.10 Å². The van der Waals surface area contributed by atoms with Crippen molar-refractivity contribution in [1.29, 1.82) is 0 Å². The molecule has 2 aromatic carbocycles. The maximum absolute atomic E-state index is 13.7. The van der Waals surface area contributed by atoms with Gasteiger partial charge in [0.15, 0.2) is 5.11 Å². The predicted molar refractivity (Wildman–Crippen MR) is 106 cm³/mol. The first-order valence-corrected chi connectivity index (χ1v) is 8.51. The molecule has 0 aliphatic heterocycles. The minimum atomic E-state index is -0.261. The standard InChI is InChI=1S/C18H16ClFN4OS/c1-25-17-7-6-13(19)8-16(17)23-18(26)22-14-9-21-24(11-14)10-12-4-2-3-5-15(12)20/h2-9,11H,10H2,1H3,(H2,22,23,26). The molecule has 134 valence electrons. The number of aromatic nitrogens is 2. The second-order valence-electron chi connectivity index (χ2n) is 5.44. The number of nitrogens with zero attached hydrogens (tertiary/aromatic N) is 2. The average Bonchev–Trinajstić information content (AvgIpc) is 3.04. The fourth-order valence-electron chi connectivity index (χ4n) is 2.38. The summed E-state index contributed by atoms with van der Waals surface area (Å²) in [5.41, 5.74) is 1.89. The van der Waals surface area contributed by atoms with Gasteiger partial charge in [0.1, 0.15) is 11.6 Å². The van der Waals surface area contributed by atoms with E-state index in [1.807, 2.05) is 0 Å². The molecule has 8 heteroatoms. The minimum absolute atomic E-state index is 0.261. The molecule has 0 aliphatic rings. The highest BCUT2D eigenvalue weighted by atomic mass is 35.5. The Morgan fingerprint density at radius 2 is 2.08 bits per heavy atom. The molecule has 1 heterocycles. The van der Waals surface area contributed by atoms with Gasteiger partial charge in [0, 0.05) is 16.8 Å². The highest BCUT2D eigenvalue weighted by molar-refractivity contribution is 7.80. The van der Waals surface area contributed by atoms with Crippen LogP contribution in [0.2, 0.25) is 5.02 Å². The molecule has 0 fully saturated rings. The van der Waals surface area contributed by atoms with Crippen molar-refractivity contribution in [3.63, 3.8) is 0 Å². The Bertz CT molecular complexity index is 931. The molecule has 0 bridgehead atoms. The molecule has 0 radical (unpaired) electrons. The summed E-state index contributed by atoms with van der Waals surface area (Å²) >= 11 is 11.3. The highest BCUT2D eigenvalue weighted by Gasteiger charge is 2.08. The van der Waals surface area contributed by atoms with Crippen LogP contribution in [0.15, 0.2) is 54.9 Å². The average molecular weight is 391 g/mol. The van der Waals surface area contributed by atoms with Crippen LogP contribution in [0.5, 0.6) is 5.75 Å². The Kier molecular flexibility index (Phi) is 5.70. The van der Waals surface area contributed by atoms with Crippen molar-refractivity contribution in [2.75, 3.05) is 17.7 Å². The number of hydrogen-bond acceptors (Lipinski definition) is 3. The zero-order chi connectivity index (χ0) is 18.5. The number of benzene rings is 2. The quantitative estimate of drug-likeness (QED) is 0.626. The maximum Gasteiger partial charge on any atom is 0.175 e. The smallest absolute Gasteiger partial charge is 0.175 e. The molecule has 2 N–H and O–H groups in total. The van der Waals surface area contributed by atoms with E-state index in [4.69, 9.17) is 28.6 Å². The van der Waals surface area contributed by atoms with E-state index in [-0.39, 0.29) is 5.82 Å². The van der Waals surface area contributed by atoms with Gasteiger partial charge in [0.25, 0.3) is 0 Å². The number of rotatable bonds is 5. The van der Waals surface area contributed by atoms with Crippen LogP contribution in [0.1, 0.15) is 5.56 Å². The molecule has 0 aliphatic carbocycles. The van der Waals surface area contributed by atoms with E-state index in [0.29, 0.717) is 39.4 Å². The topological polar surface area (TPSA) is 51.1 Å². The van der Waals surface area contributed by atoms with Gasteiger partial charge in [0.05, 0.1) is 31.2 Å². The molecule has 0 unspecified atom stereocenters. The third kappa shape index (κ3) is 4.50. The molecule has 26 heavy (non-hydrogen) atoms. The van der Waals surface area contributed by atoms with Gasteiger partial charge in [-0.05, 0) is 36.5 Å². The molecule has 5 nitrogen and oxygen atoms in total. The number of ether oxygens (including phenoxy) is 1. The molecule has 0 saturated carbocycles. The van der Waals surface area contributed by atoms with Gasteiger partial charge >= 0.3 is 0 Å². The summed E-state index contributed by atoms with van der Waals surface area (Å²) in [7, 11) is 1.57. The first-order valence-electron chi connectivity index (χ1n) is 7.72. The van der Waals surface area contributed by atoms with Crippen LogP contribution < -0.4 is 15.4 Å². The first-order chi connectivity index (χ1) is 12.5. The van der Waals surface area contributed by atoms with E-state index >= 15 is 0 Å². The van der Waals surface area contributed by atoms with E-state index < -0.39 is 0 Å². The number of thiocarbonyl (C=S) groups is 1. The summed E-state index contributed by atoms with van der Waals surface area (Å²) in [6.07, 6.45) is 3.36. The van der Waals surface area contributed by atoms with Crippen LogP contribution in [0.4, 0.5) is 15.8 Å². The van der Waals surface area contributed by atoms with Crippen LogP contribution in [0, 0.1) is 5.82 Å². The molecule has 0 spiro atoms. The SMILES string of the molecule is COc1ccc(Cl)cc1NC(=S)Nc1cnn(Cc2ccccc2F)c1. The Labute approximate surface area is 160 Å². The van der Waals surface area contributed by atoms with E-state index in [9.17, 15) is 4.39 Å². The van der Waals surface area contributed by atoms with Gasteiger partial charge in [-0.15, -0.1) is 0 Å². The molecular formula is C18H16ClFN4OS. The Morgan fingerprint density at radius 3 is 2.85 bits per heavy atom. The lowest BCUT2D eigenvalue weighted by atomic mass is 10.2. The lowest BCUT2D eigenvalue weighted by Gasteiger charge is -2.12. The molecule has 3 rings (SSSR count). The van der Waals surface area contributed by atoms with Crippen LogP contribution in [-0.4, -0.2) is 22.0 Å². The van der Waals surface area contributed by atoms with E-state index in [1.54, 1.807) is 60.6 Å². The van der Waals surface area contributed by atoms with Crippen LogP contribution in [0.25, 0.3) is 0 Å². The first kappa shape index (κ1) is 18.2. The minimum Gasteiger partial charge on any atom is -0.495 e. The highest BCUT2D eigenvalue weighted by Crippen LogP contribution is 2.27. The van der Waals surface area contributed by atoms with E-state index in [1.165, 1.54) is 6.07 Å². The molecular weight excluding hydrogens is 375 g/mol. The van der Waals surface area contributed by atoms with Gasteiger partial charge < -0.3 is 15.4 Å². The fraction of sp³-hybridized carbons (Fsp3) is 0.111. The van der Waals surface area contributed by atoms with E-state index in [2.05, 4.69) is 15.7 Å².